The third-order valence-corrected chi connectivity index (χ3v) is 3.55. The van der Waals surface area contributed by atoms with Gasteiger partial charge in [0, 0.05) is 6.42 Å². The molecule has 1 aromatic heterocycles. The molecule has 0 spiro atoms. The summed E-state index contributed by atoms with van der Waals surface area (Å²) in [6.45, 7) is 4.36. The van der Waals surface area contributed by atoms with E-state index < -0.39 is 0 Å². The van der Waals surface area contributed by atoms with Crippen molar-refractivity contribution in [3.8, 4) is 0 Å². The number of nitrogens with zero attached hydrogens (tertiary/aromatic N) is 3. The van der Waals surface area contributed by atoms with E-state index in [0.717, 1.165) is 25.3 Å². The Hall–Kier alpha value is -0.940. The minimum absolute atomic E-state index is 0.0731. The molecule has 0 aliphatic carbocycles. The predicted octanol–water partition coefficient (Wildman–Crippen LogP) is 0.764. The molecule has 17 heavy (non-hydrogen) atoms. The van der Waals surface area contributed by atoms with Crippen LogP contribution in [0, 0.1) is 5.92 Å². The van der Waals surface area contributed by atoms with Gasteiger partial charge in [0.1, 0.15) is 12.2 Å². The molecular formula is C12H22N4O. The molecule has 2 unspecified atom stereocenters. The van der Waals surface area contributed by atoms with E-state index in [1.807, 2.05) is 11.5 Å². The van der Waals surface area contributed by atoms with Gasteiger partial charge in [-0.3, -0.25) is 0 Å². The van der Waals surface area contributed by atoms with Crippen LogP contribution in [0.3, 0.4) is 0 Å². The highest BCUT2D eigenvalue weighted by atomic mass is 16.3. The van der Waals surface area contributed by atoms with E-state index in [0.29, 0.717) is 5.92 Å². The molecule has 0 radical (unpaired) electrons. The van der Waals surface area contributed by atoms with Crippen molar-refractivity contribution in [2.45, 2.75) is 38.6 Å². The van der Waals surface area contributed by atoms with E-state index in [1.54, 1.807) is 6.33 Å². The Morgan fingerprint density at radius 1 is 1.53 bits per heavy atom. The first-order valence-corrected chi connectivity index (χ1v) is 6.51. The molecule has 2 N–H and O–H groups in total. The van der Waals surface area contributed by atoms with Crippen molar-refractivity contribution in [1.29, 1.82) is 0 Å². The van der Waals surface area contributed by atoms with E-state index in [-0.39, 0.29) is 12.6 Å². The maximum Gasteiger partial charge on any atom is 0.133 e. The molecule has 96 valence electrons. The van der Waals surface area contributed by atoms with Crippen LogP contribution in [0.1, 0.15) is 38.1 Å². The summed E-state index contributed by atoms with van der Waals surface area (Å²) in [6, 6.07) is 0.0731. The van der Waals surface area contributed by atoms with Crippen LogP contribution in [0.2, 0.25) is 0 Å². The van der Waals surface area contributed by atoms with Crippen molar-refractivity contribution in [3.05, 3.63) is 12.2 Å². The summed E-state index contributed by atoms with van der Waals surface area (Å²) in [4.78, 5) is 0. The number of aliphatic hydroxyl groups is 1. The van der Waals surface area contributed by atoms with Gasteiger partial charge in [0.2, 0.25) is 0 Å². The zero-order chi connectivity index (χ0) is 12.1. The van der Waals surface area contributed by atoms with Gasteiger partial charge in [0.05, 0.1) is 12.6 Å². The second-order valence-electron chi connectivity index (χ2n) is 4.94. The molecule has 1 fully saturated rings. The average molecular weight is 238 g/mol. The molecule has 1 aliphatic heterocycles. The van der Waals surface area contributed by atoms with Crippen LogP contribution in [-0.4, -0.2) is 39.6 Å². The average Bonchev–Trinajstić information content (AvgIpc) is 2.64. The topological polar surface area (TPSA) is 63.0 Å². The fourth-order valence-electron chi connectivity index (χ4n) is 2.42. The second-order valence-corrected chi connectivity index (χ2v) is 4.94. The Morgan fingerprint density at radius 3 is 3.24 bits per heavy atom. The number of rotatable bonds is 4. The summed E-state index contributed by atoms with van der Waals surface area (Å²) in [7, 11) is 0. The standard InChI is InChI=1S/C12H22N4O/c1-10(8-17)16-9-14-15-12(16)7-11-3-2-5-13-6-4-11/h9-11,13,17H,2-8H2,1H3. The first-order valence-electron chi connectivity index (χ1n) is 6.51. The Morgan fingerprint density at radius 2 is 2.41 bits per heavy atom. The largest absolute Gasteiger partial charge is 0.394 e. The number of aliphatic hydroxyl groups excluding tert-OH is 1. The van der Waals surface area contributed by atoms with Crippen molar-refractivity contribution >= 4 is 0 Å². The molecule has 2 rings (SSSR count). The monoisotopic (exact) mass is 238 g/mol. The van der Waals surface area contributed by atoms with Crippen LogP contribution >= 0.6 is 0 Å². The first kappa shape index (κ1) is 12.5. The van der Waals surface area contributed by atoms with Crippen LogP contribution in [-0.2, 0) is 6.42 Å². The zero-order valence-corrected chi connectivity index (χ0v) is 10.5. The summed E-state index contributed by atoms with van der Waals surface area (Å²) >= 11 is 0. The lowest BCUT2D eigenvalue weighted by Crippen LogP contribution is -2.17. The van der Waals surface area contributed by atoms with Crippen LogP contribution in [0.5, 0.6) is 0 Å². The van der Waals surface area contributed by atoms with Gasteiger partial charge in [-0.25, -0.2) is 0 Å². The minimum atomic E-state index is 0.0731. The van der Waals surface area contributed by atoms with E-state index in [9.17, 15) is 5.11 Å². The molecule has 0 aromatic carbocycles. The van der Waals surface area contributed by atoms with E-state index >= 15 is 0 Å². The zero-order valence-electron chi connectivity index (χ0n) is 10.5. The number of nitrogens with one attached hydrogen (secondary N) is 1. The molecule has 1 aromatic rings. The summed E-state index contributed by atoms with van der Waals surface area (Å²) in [5.41, 5.74) is 0. The third-order valence-electron chi connectivity index (χ3n) is 3.55. The lowest BCUT2D eigenvalue weighted by Gasteiger charge is -2.16. The summed E-state index contributed by atoms with van der Waals surface area (Å²) in [5, 5.41) is 20.8. The van der Waals surface area contributed by atoms with Crippen LogP contribution in [0.15, 0.2) is 6.33 Å². The molecular weight excluding hydrogens is 216 g/mol. The fourth-order valence-corrected chi connectivity index (χ4v) is 2.42. The summed E-state index contributed by atoms with van der Waals surface area (Å²) in [5.74, 6) is 1.71. The van der Waals surface area contributed by atoms with Gasteiger partial charge in [-0.15, -0.1) is 10.2 Å². The van der Waals surface area contributed by atoms with Crippen LogP contribution in [0.25, 0.3) is 0 Å². The maximum absolute atomic E-state index is 9.20. The molecule has 0 amide bonds. The second kappa shape index (κ2) is 6.12. The number of hydrogen-bond donors (Lipinski definition) is 2. The van der Waals surface area contributed by atoms with Crippen LogP contribution < -0.4 is 5.32 Å². The highest BCUT2D eigenvalue weighted by Crippen LogP contribution is 2.19. The Balaban J connectivity index is 1.99. The van der Waals surface area contributed by atoms with Gasteiger partial charge >= 0.3 is 0 Å². The SMILES string of the molecule is CC(CO)n1cnnc1CC1CCCNCC1. The molecule has 0 bridgehead atoms. The molecule has 2 atom stereocenters. The Bertz CT molecular complexity index is 331. The summed E-state index contributed by atoms with van der Waals surface area (Å²) < 4.78 is 2.00. The third kappa shape index (κ3) is 3.26. The van der Waals surface area contributed by atoms with Crippen LogP contribution in [0.4, 0.5) is 0 Å². The lowest BCUT2D eigenvalue weighted by atomic mass is 9.96. The van der Waals surface area contributed by atoms with E-state index in [2.05, 4.69) is 15.5 Å². The van der Waals surface area contributed by atoms with Gasteiger partial charge in [0.15, 0.2) is 0 Å². The first-order chi connectivity index (χ1) is 8.31. The summed E-state index contributed by atoms with van der Waals surface area (Å²) in [6.07, 6.45) is 6.42. The molecule has 2 heterocycles. The fraction of sp³-hybridized carbons (Fsp3) is 0.833. The molecule has 1 saturated heterocycles. The van der Waals surface area contributed by atoms with E-state index in [4.69, 9.17) is 0 Å². The highest BCUT2D eigenvalue weighted by molar-refractivity contribution is 4.91. The molecule has 5 heteroatoms. The van der Waals surface area contributed by atoms with Gasteiger partial charge < -0.3 is 15.0 Å². The van der Waals surface area contributed by atoms with Gasteiger partial charge in [-0.1, -0.05) is 0 Å². The Labute approximate surface area is 102 Å². The molecule has 5 nitrogen and oxygen atoms in total. The van der Waals surface area contributed by atoms with Crippen molar-refractivity contribution in [1.82, 2.24) is 20.1 Å². The number of hydrogen-bond acceptors (Lipinski definition) is 4. The van der Waals surface area contributed by atoms with Crippen molar-refractivity contribution < 1.29 is 5.11 Å². The van der Waals surface area contributed by atoms with Crippen molar-refractivity contribution in [2.75, 3.05) is 19.7 Å². The normalized spacial score (nSPS) is 23.3. The smallest absolute Gasteiger partial charge is 0.133 e. The maximum atomic E-state index is 9.20. The Kier molecular flexibility index (Phi) is 4.50. The lowest BCUT2D eigenvalue weighted by molar-refractivity contribution is 0.235. The quantitative estimate of drug-likeness (QED) is 0.813. The number of aromatic nitrogens is 3. The molecule has 1 aliphatic rings. The highest BCUT2D eigenvalue weighted by Gasteiger charge is 2.17. The van der Waals surface area contributed by atoms with Crippen molar-refractivity contribution in [2.24, 2.45) is 5.92 Å². The van der Waals surface area contributed by atoms with Gasteiger partial charge in [-0.2, -0.15) is 0 Å². The van der Waals surface area contributed by atoms with E-state index in [1.165, 1.54) is 19.3 Å². The van der Waals surface area contributed by atoms with Gasteiger partial charge in [-0.05, 0) is 45.2 Å². The minimum Gasteiger partial charge on any atom is -0.394 e. The van der Waals surface area contributed by atoms with Crippen molar-refractivity contribution in [3.63, 3.8) is 0 Å². The van der Waals surface area contributed by atoms with Gasteiger partial charge in [0.25, 0.3) is 0 Å². The molecule has 0 saturated carbocycles. The predicted molar refractivity (Wildman–Crippen MR) is 65.7 cm³/mol.